The number of ether oxygens (including phenoxy) is 1. The van der Waals surface area contributed by atoms with Gasteiger partial charge in [-0.15, -0.1) is 0 Å². The number of rotatable bonds is 6. The van der Waals surface area contributed by atoms with Crippen LogP contribution in [0.25, 0.3) is 10.9 Å². The molecule has 0 saturated carbocycles. The van der Waals surface area contributed by atoms with Gasteiger partial charge >= 0.3 is 11.8 Å². The quantitative estimate of drug-likeness (QED) is 0.464. The van der Waals surface area contributed by atoms with Crippen molar-refractivity contribution < 1.29 is 19.1 Å². The van der Waals surface area contributed by atoms with E-state index in [9.17, 15) is 14.4 Å². The number of anilines is 1. The van der Waals surface area contributed by atoms with Gasteiger partial charge < -0.3 is 15.4 Å². The van der Waals surface area contributed by atoms with Crippen LogP contribution in [0.3, 0.4) is 0 Å². The molecule has 3 N–H and O–H groups in total. The van der Waals surface area contributed by atoms with Crippen LogP contribution < -0.4 is 20.8 Å². The molecule has 0 bridgehead atoms. The third kappa shape index (κ3) is 4.98. The van der Waals surface area contributed by atoms with Crippen LogP contribution in [-0.4, -0.2) is 35.5 Å². The summed E-state index contributed by atoms with van der Waals surface area (Å²) in [7, 11) is 1.47. The summed E-state index contributed by atoms with van der Waals surface area (Å²) in [5, 5.41) is 6.57. The molecule has 0 aliphatic carbocycles. The van der Waals surface area contributed by atoms with Crippen LogP contribution in [0.4, 0.5) is 5.69 Å². The van der Waals surface area contributed by atoms with Crippen molar-refractivity contribution in [3.63, 3.8) is 0 Å². The molecule has 0 fully saturated rings. The number of methoxy groups -OCH3 is 1. The lowest BCUT2D eigenvalue weighted by molar-refractivity contribution is -0.137. The Morgan fingerprint density at radius 3 is 2.47 bits per heavy atom. The molecule has 3 amide bonds. The fourth-order valence-corrected chi connectivity index (χ4v) is 3.29. The normalized spacial score (nSPS) is 11.7. The zero-order valence-electron chi connectivity index (χ0n) is 17.7. The number of para-hydroxylation sites is 1. The van der Waals surface area contributed by atoms with Crippen LogP contribution in [0, 0.1) is 0 Å². The number of nitrogens with one attached hydrogen (secondary N) is 3. The fourth-order valence-electron chi connectivity index (χ4n) is 2.99. The maximum Gasteiger partial charge on any atom is 0.328 e. The van der Waals surface area contributed by atoms with Crippen LogP contribution in [0.5, 0.6) is 5.75 Å². The summed E-state index contributed by atoms with van der Waals surface area (Å²) in [4.78, 5) is 37.9. The van der Waals surface area contributed by atoms with E-state index in [2.05, 4.69) is 16.1 Å². The van der Waals surface area contributed by atoms with Gasteiger partial charge in [0.25, 0.3) is 5.91 Å². The third-order valence-electron chi connectivity index (χ3n) is 4.83. The van der Waals surface area contributed by atoms with Gasteiger partial charge in [0, 0.05) is 17.1 Å². The Labute approximate surface area is 194 Å². The summed E-state index contributed by atoms with van der Waals surface area (Å²) in [5.41, 5.74) is 3.43. The van der Waals surface area contributed by atoms with Crippen molar-refractivity contribution in [1.29, 1.82) is 0 Å². The van der Waals surface area contributed by atoms with Gasteiger partial charge in [-0.05, 0) is 43.7 Å². The Morgan fingerprint density at radius 1 is 1.06 bits per heavy atom. The molecule has 1 aromatic heterocycles. The number of aromatic nitrogens is 1. The highest BCUT2D eigenvalue weighted by molar-refractivity contribution is 6.42. The minimum atomic E-state index is -0.919. The SMILES string of the molecule is CC[C@@H](C)NC(=O)C(=O)Nn1c(C(=O)Nc2ccc(Cl)c(Cl)c2)cc2cccc(OC)c21. The van der Waals surface area contributed by atoms with Crippen LogP contribution in [0.2, 0.25) is 10.0 Å². The summed E-state index contributed by atoms with van der Waals surface area (Å²) >= 11 is 12.0. The third-order valence-corrected chi connectivity index (χ3v) is 5.57. The zero-order chi connectivity index (χ0) is 23.4. The summed E-state index contributed by atoms with van der Waals surface area (Å²) in [5.74, 6) is -1.85. The molecule has 32 heavy (non-hydrogen) atoms. The topological polar surface area (TPSA) is 101 Å². The van der Waals surface area contributed by atoms with Gasteiger partial charge in [-0.1, -0.05) is 42.3 Å². The maximum atomic E-state index is 13.1. The van der Waals surface area contributed by atoms with Crippen LogP contribution >= 0.6 is 23.2 Å². The number of hydrogen-bond acceptors (Lipinski definition) is 4. The average Bonchev–Trinajstić information content (AvgIpc) is 3.14. The molecule has 1 heterocycles. The summed E-state index contributed by atoms with van der Waals surface area (Å²) in [6.45, 7) is 3.67. The van der Waals surface area contributed by atoms with Gasteiger partial charge in [-0.2, -0.15) is 0 Å². The standard InChI is InChI=1S/C22H22Cl2N4O4/c1-4-12(2)25-21(30)22(31)27-28-17(10-13-6-5-7-18(32-3)19(13)28)20(29)26-14-8-9-15(23)16(24)11-14/h5-12H,4H2,1-3H3,(H,25,30)(H,26,29)(H,27,31)/t12-/m1/s1. The molecule has 10 heteroatoms. The number of benzene rings is 2. The Hall–Kier alpha value is -3.23. The van der Waals surface area contributed by atoms with E-state index in [1.165, 1.54) is 17.9 Å². The second kappa shape index (κ2) is 9.93. The van der Waals surface area contributed by atoms with Gasteiger partial charge in [0.1, 0.15) is 17.0 Å². The van der Waals surface area contributed by atoms with Gasteiger partial charge in [0.05, 0.1) is 17.2 Å². The largest absolute Gasteiger partial charge is 0.494 e. The molecule has 1 atom stereocenters. The second-order valence-electron chi connectivity index (χ2n) is 7.07. The lowest BCUT2D eigenvalue weighted by Gasteiger charge is -2.15. The van der Waals surface area contributed by atoms with E-state index in [1.807, 2.05) is 6.92 Å². The van der Waals surface area contributed by atoms with Gasteiger partial charge in [0.15, 0.2) is 0 Å². The molecular formula is C22H22Cl2N4O4. The molecule has 3 rings (SSSR count). The van der Waals surface area contributed by atoms with Crippen LogP contribution in [0.15, 0.2) is 42.5 Å². The van der Waals surface area contributed by atoms with Crippen molar-refractivity contribution in [1.82, 2.24) is 9.99 Å². The van der Waals surface area contributed by atoms with E-state index in [0.29, 0.717) is 33.8 Å². The molecule has 0 radical (unpaired) electrons. The first-order chi connectivity index (χ1) is 15.2. The molecule has 0 aliphatic heterocycles. The van der Waals surface area contributed by atoms with E-state index < -0.39 is 17.7 Å². The first-order valence-corrected chi connectivity index (χ1v) is 10.6. The van der Waals surface area contributed by atoms with Crippen LogP contribution in [-0.2, 0) is 9.59 Å². The highest BCUT2D eigenvalue weighted by Gasteiger charge is 2.23. The number of carbonyl (C=O) groups excluding carboxylic acids is 3. The summed E-state index contributed by atoms with van der Waals surface area (Å²) < 4.78 is 6.63. The van der Waals surface area contributed by atoms with Crippen molar-refractivity contribution in [2.45, 2.75) is 26.3 Å². The first-order valence-electron chi connectivity index (χ1n) is 9.81. The Morgan fingerprint density at radius 2 is 1.81 bits per heavy atom. The molecule has 0 aliphatic rings. The highest BCUT2D eigenvalue weighted by Crippen LogP contribution is 2.29. The fraction of sp³-hybridized carbons (Fsp3) is 0.227. The Kier molecular flexibility index (Phi) is 7.27. The van der Waals surface area contributed by atoms with Crippen molar-refractivity contribution in [2.24, 2.45) is 0 Å². The number of halogens is 2. The number of amides is 3. The predicted octanol–water partition coefficient (Wildman–Crippen LogP) is 4.19. The number of hydrogen-bond donors (Lipinski definition) is 3. The first kappa shape index (κ1) is 23.4. The Bertz CT molecular complexity index is 1190. The molecular weight excluding hydrogens is 455 g/mol. The van der Waals surface area contributed by atoms with Gasteiger partial charge in [-0.25, -0.2) is 4.68 Å². The van der Waals surface area contributed by atoms with Gasteiger partial charge in [-0.3, -0.25) is 19.8 Å². The zero-order valence-corrected chi connectivity index (χ0v) is 19.2. The van der Waals surface area contributed by atoms with E-state index in [-0.39, 0.29) is 16.8 Å². The van der Waals surface area contributed by atoms with Crippen LogP contribution in [0.1, 0.15) is 30.8 Å². The number of fused-ring (bicyclic) bond motifs is 1. The van der Waals surface area contributed by atoms with E-state index in [4.69, 9.17) is 27.9 Å². The van der Waals surface area contributed by atoms with Crippen molar-refractivity contribution in [3.05, 3.63) is 58.2 Å². The minimum Gasteiger partial charge on any atom is -0.494 e. The van der Waals surface area contributed by atoms with Crippen molar-refractivity contribution in [3.8, 4) is 5.75 Å². The van der Waals surface area contributed by atoms with E-state index in [0.717, 1.165) is 0 Å². The molecule has 2 aromatic carbocycles. The molecule has 0 spiro atoms. The van der Waals surface area contributed by atoms with E-state index >= 15 is 0 Å². The molecule has 0 unspecified atom stereocenters. The minimum absolute atomic E-state index is 0.0836. The molecule has 8 nitrogen and oxygen atoms in total. The van der Waals surface area contributed by atoms with Crippen molar-refractivity contribution in [2.75, 3.05) is 17.9 Å². The Balaban J connectivity index is 2.00. The number of nitrogens with zero attached hydrogens (tertiary/aromatic N) is 1. The summed E-state index contributed by atoms with van der Waals surface area (Å²) in [6, 6.07) is 11.3. The van der Waals surface area contributed by atoms with E-state index in [1.54, 1.807) is 43.3 Å². The monoisotopic (exact) mass is 476 g/mol. The molecule has 3 aromatic rings. The number of carbonyl (C=O) groups is 3. The predicted molar refractivity (Wildman–Crippen MR) is 125 cm³/mol. The van der Waals surface area contributed by atoms with Crippen molar-refractivity contribution >= 4 is 57.5 Å². The molecule has 0 saturated heterocycles. The summed E-state index contributed by atoms with van der Waals surface area (Å²) in [6.07, 6.45) is 0.663. The highest BCUT2D eigenvalue weighted by atomic mass is 35.5. The second-order valence-corrected chi connectivity index (χ2v) is 7.88. The van der Waals surface area contributed by atoms with Gasteiger partial charge in [0.2, 0.25) is 0 Å². The smallest absolute Gasteiger partial charge is 0.328 e. The lowest BCUT2D eigenvalue weighted by atomic mass is 10.2. The average molecular weight is 477 g/mol. The lowest BCUT2D eigenvalue weighted by Crippen LogP contribution is -2.43. The maximum absolute atomic E-state index is 13.1. The molecule has 168 valence electrons.